The molecule has 3 aromatic rings. The summed E-state index contributed by atoms with van der Waals surface area (Å²) in [6, 6.07) is 19.9. The molecule has 1 fully saturated rings. The van der Waals surface area contributed by atoms with Gasteiger partial charge in [-0.1, -0.05) is 36.4 Å². The van der Waals surface area contributed by atoms with Gasteiger partial charge in [0.05, 0.1) is 6.67 Å². The van der Waals surface area contributed by atoms with Gasteiger partial charge in [-0.05, 0) is 62.4 Å². The van der Waals surface area contributed by atoms with Crippen LogP contribution in [0, 0.1) is 4.77 Å². The molecule has 0 bridgehead atoms. The third kappa shape index (κ3) is 3.71. The number of rotatable bonds is 6. The first-order valence-corrected chi connectivity index (χ1v) is 9.36. The lowest BCUT2D eigenvalue weighted by atomic mass is 10.3. The molecule has 1 aliphatic rings. The van der Waals surface area contributed by atoms with Gasteiger partial charge < -0.3 is 4.74 Å². The Hall–Kier alpha value is -2.44. The molecule has 0 spiro atoms. The Morgan fingerprint density at radius 3 is 2.27 bits per heavy atom. The van der Waals surface area contributed by atoms with Gasteiger partial charge in [0, 0.05) is 5.69 Å². The van der Waals surface area contributed by atoms with Gasteiger partial charge in [-0.3, -0.25) is 9.47 Å². The van der Waals surface area contributed by atoms with Crippen LogP contribution in [0.15, 0.2) is 60.7 Å². The summed E-state index contributed by atoms with van der Waals surface area (Å²) in [5.41, 5.74) is 1.01. The Bertz CT molecular complexity index is 899. The molecule has 0 N–H and O–H groups in total. The molecule has 6 heteroatoms. The van der Waals surface area contributed by atoms with Crippen molar-refractivity contribution < 1.29 is 4.74 Å². The van der Waals surface area contributed by atoms with Crippen LogP contribution in [0.1, 0.15) is 18.7 Å². The second kappa shape index (κ2) is 7.85. The number of ether oxygens (including phenoxy) is 1. The highest BCUT2D eigenvalue weighted by molar-refractivity contribution is 7.71. The number of likely N-dealkylation sites (tertiary alicyclic amines) is 1. The van der Waals surface area contributed by atoms with E-state index in [0.717, 1.165) is 37.0 Å². The highest BCUT2D eigenvalue weighted by atomic mass is 32.1. The second-order valence-electron chi connectivity index (χ2n) is 6.44. The zero-order valence-corrected chi connectivity index (χ0v) is 15.4. The fourth-order valence-electron chi connectivity index (χ4n) is 3.25. The third-order valence-corrected chi connectivity index (χ3v) is 4.96. The smallest absolute Gasteiger partial charge is 0.203 e. The molecule has 0 atom stereocenters. The molecule has 0 radical (unpaired) electrons. The van der Waals surface area contributed by atoms with Crippen LogP contribution in [0.3, 0.4) is 0 Å². The molecule has 26 heavy (non-hydrogen) atoms. The molecule has 4 rings (SSSR count). The minimum atomic E-state index is 0.371. The van der Waals surface area contributed by atoms with E-state index in [1.807, 2.05) is 69.9 Å². The van der Waals surface area contributed by atoms with Gasteiger partial charge >= 0.3 is 0 Å². The minimum Gasteiger partial charge on any atom is -0.486 e. The van der Waals surface area contributed by atoms with Crippen LogP contribution in [-0.2, 0) is 13.3 Å². The first-order valence-electron chi connectivity index (χ1n) is 8.95. The molecule has 1 aromatic heterocycles. The molecule has 0 saturated carbocycles. The first kappa shape index (κ1) is 17.0. The number of nitrogens with zero attached hydrogens (tertiary/aromatic N) is 4. The quantitative estimate of drug-likeness (QED) is 0.617. The molecule has 134 valence electrons. The van der Waals surface area contributed by atoms with Gasteiger partial charge in [0.2, 0.25) is 4.77 Å². The van der Waals surface area contributed by atoms with E-state index >= 15 is 0 Å². The Balaban J connectivity index is 1.65. The predicted octanol–water partition coefficient (Wildman–Crippen LogP) is 4.04. The van der Waals surface area contributed by atoms with Gasteiger partial charge in [0.25, 0.3) is 0 Å². The SMILES string of the molecule is S=c1n(CN2CCCC2)nc(COc2ccccc2)n1-c1ccccc1. The third-order valence-electron chi connectivity index (χ3n) is 4.56. The maximum absolute atomic E-state index is 5.94. The number of aromatic nitrogens is 3. The summed E-state index contributed by atoms with van der Waals surface area (Å²) in [7, 11) is 0. The molecule has 2 heterocycles. The average Bonchev–Trinajstić information content (AvgIpc) is 3.30. The van der Waals surface area contributed by atoms with Crippen molar-refractivity contribution in [2.45, 2.75) is 26.1 Å². The lowest BCUT2D eigenvalue weighted by Gasteiger charge is -2.13. The average molecular weight is 366 g/mol. The highest BCUT2D eigenvalue weighted by Crippen LogP contribution is 2.17. The summed E-state index contributed by atoms with van der Waals surface area (Å²) in [6.45, 7) is 3.32. The standard InChI is InChI=1S/C20H22N4OS/c26-20-23(16-22-13-7-8-14-22)21-19(15-25-18-11-5-2-6-12-18)24(20)17-9-3-1-4-10-17/h1-6,9-12H,7-8,13-16H2. The predicted molar refractivity (Wildman–Crippen MR) is 104 cm³/mol. The summed E-state index contributed by atoms with van der Waals surface area (Å²) >= 11 is 5.74. The summed E-state index contributed by atoms with van der Waals surface area (Å²) in [5, 5.41) is 4.77. The van der Waals surface area contributed by atoms with Crippen LogP contribution in [0.5, 0.6) is 5.75 Å². The molecule has 0 amide bonds. The number of hydrogen-bond donors (Lipinski definition) is 0. The van der Waals surface area contributed by atoms with Gasteiger partial charge in [0.1, 0.15) is 12.4 Å². The van der Waals surface area contributed by atoms with Crippen molar-refractivity contribution in [1.82, 2.24) is 19.2 Å². The molecular weight excluding hydrogens is 344 g/mol. The molecule has 0 unspecified atom stereocenters. The summed E-state index contributed by atoms with van der Waals surface area (Å²) in [4.78, 5) is 2.39. The van der Waals surface area contributed by atoms with E-state index in [4.69, 9.17) is 22.1 Å². The maximum Gasteiger partial charge on any atom is 0.203 e. The molecular formula is C20H22N4OS. The van der Waals surface area contributed by atoms with Gasteiger partial charge in [-0.25, -0.2) is 4.68 Å². The van der Waals surface area contributed by atoms with Crippen LogP contribution in [-0.4, -0.2) is 32.3 Å². The van der Waals surface area contributed by atoms with E-state index in [-0.39, 0.29) is 0 Å². The number of benzene rings is 2. The topological polar surface area (TPSA) is 35.2 Å². The Kier molecular flexibility index (Phi) is 5.13. The number of para-hydroxylation sites is 2. The largest absolute Gasteiger partial charge is 0.486 e. The molecule has 1 saturated heterocycles. The van der Waals surface area contributed by atoms with Gasteiger partial charge in [-0.15, -0.1) is 0 Å². The van der Waals surface area contributed by atoms with E-state index in [1.54, 1.807) is 0 Å². The fraction of sp³-hybridized carbons (Fsp3) is 0.300. The molecule has 5 nitrogen and oxygen atoms in total. The van der Waals surface area contributed by atoms with Crippen LogP contribution >= 0.6 is 12.2 Å². The Labute approximate surface area is 158 Å². The summed E-state index contributed by atoms with van der Waals surface area (Å²) < 4.78 is 10.6. The maximum atomic E-state index is 5.94. The zero-order valence-electron chi connectivity index (χ0n) is 14.6. The fourth-order valence-corrected chi connectivity index (χ4v) is 3.56. The van der Waals surface area contributed by atoms with Crippen molar-refractivity contribution in [3.8, 4) is 11.4 Å². The molecule has 1 aliphatic heterocycles. The normalized spacial score (nSPS) is 14.6. The van der Waals surface area contributed by atoms with Crippen LogP contribution in [0.4, 0.5) is 0 Å². The van der Waals surface area contributed by atoms with Crippen LogP contribution in [0.2, 0.25) is 0 Å². The van der Waals surface area contributed by atoms with Crippen molar-refractivity contribution >= 4 is 12.2 Å². The van der Waals surface area contributed by atoms with Crippen molar-refractivity contribution in [3.05, 3.63) is 71.3 Å². The monoisotopic (exact) mass is 366 g/mol. The summed E-state index contributed by atoms with van der Waals surface area (Å²) in [6.07, 6.45) is 2.49. The van der Waals surface area contributed by atoms with E-state index in [9.17, 15) is 0 Å². The van der Waals surface area contributed by atoms with Crippen molar-refractivity contribution in [2.75, 3.05) is 13.1 Å². The zero-order chi connectivity index (χ0) is 17.8. The lowest BCUT2D eigenvalue weighted by Crippen LogP contribution is -2.23. The van der Waals surface area contributed by atoms with E-state index in [0.29, 0.717) is 11.4 Å². The van der Waals surface area contributed by atoms with E-state index in [2.05, 4.69) is 4.90 Å². The lowest BCUT2D eigenvalue weighted by molar-refractivity contribution is 0.249. The Morgan fingerprint density at radius 2 is 1.58 bits per heavy atom. The van der Waals surface area contributed by atoms with Gasteiger partial charge in [0.15, 0.2) is 5.82 Å². The van der Waals surface area contributed by atoms with Crippen molar-refractivity contribution in [1.29, 1.82) is 0 Å². The number of hydrogen-bond acceptors (Lipinski definition) is 4. The summed E-state index contributed by atoms with van der Waals surface area (Å²) in [5.74, 6) is 1.64. The Morgan fingerprint density at radius 1 is 0.923 bits per heavy atom. The van der Waals surface area contributed by atoms with Crippen LogP contribution < -0.4 is 4.74 Å². The van der Waals surface area contributed by atoms with Crippen molar-refractivity contribution in [3.63, 3.8) is 0 Å². The second-order valence-corrected chi connectivity index (χ2v) is 6.80. The first-order chi connectivity index (χ1) is 12.8. The van der Waals surface area contributed by atoms with Crippen molar-refractivity contribution in [2.24, 2.45) is 0 Å². The highest BCUT2D eigenvalue weighted by Gasteiger charge is 2.17. The van der Waals surface area contributed by atoms with E-state index < -0.39 is 0 Å². The van der Waals surface area contributed by atoms with Gasteiger partial charge in [-0.2, -0.15) is 5.10 Å². The molecule has 0 aliphatic carbocycles. The van der Waals surface area contributed by atoms with Crippen LogP contribution in [0.25, 0.3) is 5.69 Å². The minimum absolute atomic E-state index is 0.371. The van der Waals surface area contributed by atoms with E-state index in [1.165, 1.54) is 12.8 Å². The molecule has 2 aromatic carbocycles.